The summed E-state index contributed by atoms with van der Waals surface area (Å²) in [6.07, 6.45) is 4.75. The molecule has 11 nitrogen and oxygen atoms in total. The van der Waals surface area contributed by atoms with E-state index in [9.17, 15) is 13.2 Å². The third-order valence-corrected chi connectivity index (χ3v) is 9.59. The summed E-state index contributed by atoms with van der Waals surface area (Å²) in [6, 6.07) is 0. The molecule has 1 atom stereocenters. The molecule has 0 radical (unpaired) electrons. The molecule has 34 heavy (non-hydrogen) atoms. The first-order chi connectivity index (χ1) is 16.5. The van der Waals surface area contributed by atoms with E-state index in [-0.39, 0.29) is 23.7 Å². The summed E-state index contributed by atoms with van der Waals surface area (Å²) in [6.45, 7) is 5.17. The fraction of sp³-hybridized carbons (Fsp3) is 0.864. The lowest BCUT2D eigenvalue weighted by molar-refractivity contribution is -0.138. The van der Waals surface area contributed by atoms with Gasteiger partial charge < -0.3 is 18.9 Å². The number of hydrogen-bond acceptors (Lipinski definition) is 8. The Morgan fingerprint density at radius 3 is 2.24 bits per heavy atom. The van der Waals surface area contributed by atoms with Gasteiger partial charge >= 0.3 is 0 Å². The van der Waals surface area contributed by atoms with Crippen LogP contribution in [0.3, 0.4) is 0 Å². The van der Waals surface area contributed by atoms with Gasteiger partial charge in [0.2, 0.25) is 11.8 Å². The molecular weight excluding hydrogens is 462 g/mol. The number of nitrogens with zero attached hydrogens (tertiary/aromatic N) is 5. The van der Waals surface area contributed by atoms with Crippen LogP contribution in [0.4, 0.5) is 0 Å². The number of morpholine rings is 1. The fourth-order valence-corrected chi connectivity index (χ4v) is 7.06. The van der Waals surface area contributed by atoms with Gasteiger partial charge in [0.05, 0.1) is 19.1 Å². The maximum atomic E-state index is 13.3. The Labute approximate surface area is 200 Å². The molecule has 0 aromatic carbocycles. The van der Waals surface area contributed by atoms with Gasteiger partial charge in [0.15, 0.2) is 5.82 Å². The van der Waals surface area contributed by atoms with Crippen LogP contribution in [-0.4, -0.2) is 104 Å². The summed E-state index contributed by atoms with van der Waals surface area (Å²) >= 11 is 0. The summed E-state index contributed by atoms with van der Waals surface area (Å²) in [4.78, 5) is 19.9. The maximum Gasteiger partial charge on any atom is 0.282 e. The molecule has 1 aromatic heterocycles. The molecule has 1 amide bonds. The Kier molecular flexibility index (Phi) is 7.49. The third kappa shape index (κ3) is 5.15. The molecule has 12 heteroatoms. The fourth-order valence-electron chi connectivity index (χ4n) is 5.45. The SMILES string of the molecule is O=C(C1CCN(S(=O)(=O)N2CCOCC2)CC1)N1CCCC(c2nc(C3CCOCC3)no2)C1. The first-order valence-corrected chi connectivity index (χ1v) is 13.9. The van der Waals surface area contributed by atoms with E-state index in [1.54, 1.807) is 0 Å². The Morgan fingerprint density at radius 2 is 1.50 bits per heavy atom. The van der Waals surface area contributed by atoms with Crippen molar-refractivity contribution in [3.8, 4) is 0 Å². The van der Waals surface area contributed by atoms with Crippen LogP contribution >= 0.6 is 0 Å². The molecular formula is C22H35N5O6S. The minimum atomic E-state index is -3.48. The summed E-state index contributed by atoms with van der Waals surface area (Å²) in [5.74, 6) is 1.71. The highest BCUT2D eigenvalue weighted by Crippen LogP contribution is 2.31. The summed E-state index contributed by atoms with van der Waals surface area (Å²) in [7, 11) is -3.48. The molecule has 5 heterocycles. The van der Waals surface area contributed by atoms with Gasteiger partial charge in [-0.2, -0.15) is 22.0 Å². The Bertz CT molecular complexity index is 935. The van der Waals surface area contributed by atoms with Crippen molar-refractivity contribution in [3.05, 3.63) is 11.7 Å². The van der Waals surface area contributed by atoms with Crippen LogP contribution in [-0.2, 0) is 24.5 Å². The molecule has 4 aliphatic rings. The molecule has 190 valence electrons. The zero-order valence-corrected chi connectivity index (χ0v) is 20.5. The van der Waals surface area contributed by atoms with Gasteiger partial charge in [-0.15, -0.1) is 0 Å². The molecule has 0 bridgehead atoms. The smallest absolute Gasteiger partial charge is 0.282 e. The average molecular weight is 498 g/mol. The van der Waals surface area contributed by atoms with Crippen LogP contribution in [0.2, 0.25) is 0 Å². The van der Waals surface area contributed by atoms with E-state index in [4.69, 9.17) is 14.0 Å². The monoisotopic (exact) mass is 497 g/mol. The Hall–Kier alpha value is -1.60. The Balaban J connectivity index is 1.15. The van der Waals surface area contributed by atoms with Crippen LogP contribution in [0.25, 0.3) is 0 Å². The first kappa shape index (κ1) is 24.1. The lowest BCUT2D eigenvalue weighted by Gasteiger charge is -2.38. The molecule has 0 N–H and O–H groups in total. The second kappa shape index (κ2) is 10.6. The number of ether oxygens (including phenoxy) is 2. The third-order valence-electron chi connectivity index (χ3n) is 7.55. The summed E-state index contributed by atoms with van der Waals surface area (Å²) in [5.41, 5.74) is 0. The van der Waals surface area contributed by atoms with Gasteiger partial charge in [-0.3, -0.25) is 4.79 Å². The molecule has 1 unspecified atom stereocenters. The number of carbonyl (C=O) groups excluding carboxylic acids is 1. The van der Waals surface area contributed by atoms with E-state index in [1.807, 2.05) is 4.90 Å². The van der Waals surface area contributed by atoms with Crippen LogP contribution in [0.1, 0.15) is 62.1 Å². The number of amides is 1. The summed E-state index contributed by atoms with van der Waals surface area (Å²) < 4.78 is 45.1. The standard InChI is InChI=1S/C22H35N5O6S/c28-22(18-3-8-26(9-4-18)34(29,30)27-10-14-32-15-11-27)25-7-1-2-19(16-25)21-23-20(24-33-21)17-5-12-31-13-6-17/h17-19H,1-16H2. The number of hydrogen-bond donors (Lipinski definition) is 0. The van der Waals surface area contributed by atoms with Gasteiger partial charge in [0.25, 0.3) is 10.2 Å². The summed E-state index contributed by atoms with van der Waals surface area (Å²) in [5, 5.41) is 4.23. The van der Waals surface area contributed by atoms with Crippen molar-refractivity contribution >= 4 is 16.1 Å². The van der Waals surface area contributed by atoms with E-state index in [0.717, 1.165) is 51.3 Å². The van der Waals surface area contributed by atoms with Crippen molar-refractivity contribution in [1.29, 1.82) is 0 Å². The molecule has 5 rings (SSSR count). The lowest BCUT2D eigenvalue weighted by atomic mass is 9.92. The molecule has 4 aliphatic heterocycles. The molecule has 4 fully saturated rings. The number of rotatable bonds is 5. The maximum absolute atomic E-state index is 13.3. The van der Waals surface area contributed by atoms with Crippen LogP contribution < -0.4 is 0 Å². The highest BCUT2D eigenvalue weighted by Gasteiger charge is 2.38. The minimum Gasteiger partial charge on any atom is -0.381 e. The zero-order chi connectivity index (χ0) is 23.5. The van der Waals surface area contributed by atoms with Crippen molar-refractivity contribution in [2.24, 2.45) is 5.92 Å². The topological polar surface area (TPSA) is 118 Å². The molecule has 4 saturated heterocycles. The van der Waals surface area contributed by atoms with E-state index in [0.29, 0.717) is 64.7 Å². The largest absolute Gasteiger partial charge is 0.381 e. The van der Waals surface area contributed by atoms with E-state index >= 15 is 0 Å². The second-order valence-electron chi connectivity index (χ2n) is 9.69. The van der Waals surface area contributed by atoms with E-state index in [1.165, 1.54) is 8.61 Å². The van der Waals surface area contributed by atoms with Crippen molar-refractivity contribution in [2.45, 2.75) is 50.4 Å². The van der Waals surface area contributed by atoms with Gasteiger partial charge in [0.1, 0.15) is 0 Å². The first-order valence-electron chi connectivity index (χ1n) is 12.6. The van der Waals surface area contributed by atoms with Crippen molar-refractivity contribution in [1.82, 2.24) is 23.7 Å². The minimum absolute atomic E-state index is 0.0561. The van der Waals surface area contributed by atoms with Crippen LogP contribution in [0, 0.1) is 5.92 Å². The Morgan fingerprint density at radius 1 is 0.824 bits per heavy atom. The van der Waals surface area contributed by atoms with E-state index in [2.05, 4.69) is 10.1 Å². The van der Waals surface area contributed by atoms with Crippen molar-refractivity contribution in [2.75, 3.05) is 65.7 Å². The number of aromatic nitrogens is 2. The van der Waals surface area contributed by atoms with Crippen LogP contribution in [0.15, 0.2) is 4.52 Å². The lowest BCUT2D eigenvalue weighted by Crippen LogP contribution is -2.52. The predicted molar refractivity (Wildman–Crippen MR) is 121 cm³/mol. The number of piperidine rings is 2. The normalized spacial score (nSPS) is 27.2. The van der Waals surface area contributed by atoms with Crippen molar-refractivity contribution < 1.29 is 27.2 Å². The van der Waals surface area contributed by atoms with E-state index < -0.39 is 10.2 Å². The average Bonchev–Trinajstić information content (AvgIpc) is 3.40. The predicted octanol–water partition coefficient (Wildman–Crippen LogP) is 0.959. The van der Waals surface area contributed by atoms with Crippen molar-refractivity contribution in [3.63, 3.8) is 0 Å². The van der Waals surface area contributed by atoms with Gasteiger partial charge in [0, 0.05) is 64.3 Å². The highest BCUT2D eigenvalue weighted by molar-refractivity contribution is 7.86. The van der Waals surface area contributed by atoms with Gasteiger partial charge in [-0.1, -0.05) is 5.16 Å². The van der Waals surface area contributed by atoms with Crippen LogP contribution in [0.5, 0.6) is 0 Å². The second-order valence-corrected chi connectivity index (χ2v) is 11.6. The molecule has 0 aliphatic carbocycles. The zero-order valence-electron chi connectivity index (χ0n) is 19.6. The quantitative estimate of drug-likeness (QED) is 0.590. The molecule has 1 aromatic rings. The highest BCUT2D eigenvalue weighted by atomic mass is 32.2. The van der Waals surface area contributed by atoms with Gasteiger partial charge in [-0.25, -0.2) is 0 Å². The molecule has 0 saturated carbocycles. The number of carbonyl (C=O) groups is 1. The van der Waals surface area contributed by atoms with Gasteiger partial charge in [-0.05, 0) is 38.5 Å². The molecule has 0 spiro atoms. The number of likely N-dealkylation sites (tertiary alicyclic amines) is 1.